The molecular weight excluding hydrogens is 236 g/mol. The summed E-state index contributed by atoms with van der Waals surface area (Å²) in [5, 5.41) is 3.48. The maximum atomic E-state index is 5.65. The second-order valence-electron chi connectivity index (χ2n) is 7.02. The van der Waals surface area contributed by atoms with Crippen molar-refractivity contribution in [1.82, 2.24) is 10.2 Å². The number of hydrogen-bond donors (Lipinski definition) is 1. The highest BCUT2D eigenvalue weighted by molar-refractivity contribution is 5.13. The molecule has 1 heterocycles. The Kier molecular flexibility index (Phi) is 4.69. The van der Waals surface area contributed by atoms with Gasteiger partial charge in [-0.2, -0.15) is 0 Å². The fraction of sp³-hybridized carbons (Fsp3) is 0.750. The quantitative estimate of drug-likeness (QED) is 0.853. The minimum Gasteiger partial charge on any atom is -0.468 e. The molecule has 1 aliphatic rings. The summed E-state index contributed by atoms with van der Waals surface area (Å²) in [4.78, 5) is 2.38. The number of rotatable bonds is 6. The summed E-state index contributed by atoms with van der Waals surface area (Å²) in [5.74, 6) is 1.99. The molecule has 0 aliphatic heterocycles. The number of nitrogens with zero attached hydrogens (tertiary/aromatic N) is 1. The molecule has 0 spiro atoms. The SMILES string of the molecule is CN(Cc1cc(CNC(C)(C)C)co1)CC1CCC1. The van der Waals surface area contributed by atoms with Gasteiger partial charge in [0.15, 0.2) is 0 Å². The van der Waals surface area contributed by atoms with E-state index in [0.717, 1.165) is 24.8 Å². The molecular formula is C16H28N2O. The second kappa shape index (κ2) is 6.10. The van der Waals surface area contributed by atoms with Crippen molar-refractivity contribution < 1.29 is 4.42 Å². The van der Waals surface area contributed by atoms with Crippen molar-refractivity contribution in [3.8, 4) is 0 Å². The fourth-order valence-electron chi connectivity index (χ4n) is 2.42. The molecule has 1 aliphatic carbocycles. The number of furan rings is 1. The van der Waals surface area contributed by atoms with Gasteiger partial charge in [0.05, 0.1) is 12.8 Å². The van der Waals surface area contributed by atoms with Crippen molar-refractivity contribution in [3.63, 3.8) is 0 Å². The van der Waals surface area contributed by atoms with Crippen molar-refractivity contribution in [2.45, 2.75) is 58.7 Å². The van der Waals surface area contributed by atoms with Crippen molar-refractivity contribution in [2.75, 3.05) is 13.6 Å². The van der Waals surface area contributed by atoms with Crippen LogP contribution in [0.25, 0.3) is 0 Å². The van der Waals surface area contributed by atoms with Crippen LogP contribution in [0.5, 0.6) is 0 Å². The Hall–Kier alpha value is -0.800. The summed E-state index contributed by atoms with van der Waals surface area (Å²) < 4.78 is 5.65. The molecule has 19 heavy (non-hydrogen) atoms. The topological polar surface area (TPSA) is 28.4 Å². The Morgan fingerprint density at radius 1 is 1.37 bits per heavy atom. The van der Waals surface area contributed by atoms with Crippen molar-refractivity contribution in [2.24, 2.45) is 5.92 Å². The first-order chi connectivity index (χ1) is 8.92. The molecule has 1 saturated carbocycles. The minimum atomic E-state index is 0.151. The van der Waals surface area contributed by atoms with E-state index < -0.39 is 0 Å². The number of hydrogen-bond acceptors (Lipinski definition) is 3. The smallest absolute Gasteiger partial charge is 0.118 e. The largest absolute Gasteiger partial charge is 0.468 e. The van der Waals surface area contributed by atoms with E-state index in [4.69, 9.17) is 4.42 Å². The van der Waals surface area contributed by atoms with Gasteiger partial charge in [0.1, 0.15) is 5.76 Å². The molecule has 108 valence electrons. The van der Waals surface area contributed by atoms with E-state index in [-0.39, 0.29) is 5.54 Å². The molecule has 0 unspecified atom stereocenters. The Balaban J connectivity index is 1.76. The Morgan fingerprint density at radius 3 is 2.68 bits per heavy atom. The highest BCUT2D eigenvalue weighted by Gasteiger charge is 2.19. The van der Waals surface area contributed by atoms with Crippen molar-refractivity contribution >= 4 is 0 Å². The normalized spacial score (nSPS) is 16.9. The van der Waals surface area contributed by atoms with Gasteiger partial charge < -0.3 is 9.73 Å². The number of nitrogens with one attached hydrogen (secondary N) is 1. The highest BCUT2D eigenvalue weighted by atomic mass is 16.3. The molecule has 0 atom stereocenters. The lowest BCUT2D eigenvalue weighted by Gasteiger charge is -2.29. The van der Waals surface area contributed by atoms with Gasteiger partial charge in [-0.15, -0.1) is 0 Å². The third-order valence-corrected chi connectivity index (χ3v) is 3.75. The van der Waals surface area contributed by atoms with Crippen LogP contribution < -0.4 is 5.32 Å². The minimum absolute atomic E-state index is 0.151. The van der Waals surface area contributed by atoms with Crippen molar-refractivity contribution in [3.05, 3.63) is 23.7 Å². The van der Waals surface area contributed by atoms with E-state index >= 15 is 0 Å². The second-order valence-corrected chi connectivity index (χ2v) is 7.02. The first-order valence-electron chi connectivity index (χ1n) is 7.42. The van der Waals surface area contributed by atoms with Crippen LogP contribution in [0.3, 0.4) is 0 Å². The van der Waals surface area contributed by atoms with Crippen LogP contribution >= 0.6 is 0 Å². The molecule has 0 amide bonds. The zero-order valence-corrected chi connectivity index (χ0v) is 12.8. The predicted molar refractivity (Wildman–Crippen MR) is 79.0 cm³/mol. The van der Waals surface area contributed by atoms with Crippen LogP contribution in [0, 0.1) is 5.92 Å². The van der Waals surface area contributed by atoms with Gasteiger partial charge in [-0.1, -0.05) is 6.42 Å². The van der Waals surface area contributed by atoms with Crippen LogP contribution in [0.4, 0.5) is 0 Å². The zero-order valence-electron chi connectivity index (χ0n) is 12.8. The average Bonchev–Trinajstić information content (AvgIpc) is 2.68. The van der Waals surface area contributed by atoms with Crippen LogP contribution in [0.2, 0.25) is 0 Å². The van der Waals surface area contributed by atoms with E-state index in [0.29, 0.717) is 0 Å². The Bertz CT molecular complexity index is 388. The molecule has 1 N–H and O–H groups in total. The van der Waals surface area contributed by atoms with Crippen molar-refractivity contribution in [1.29, 1.82) is 0 Å². The summed E-state index contributed by atoms with van der Waals surface area (Å²) in [6.07, 6.45) is 6.11. The third-order valence-electron chi connectivity index (χ3n) is 3.75. The van der Waals surface area contributed by atoms with Crippen LogP contribution in [0.1, 0.15) is 51.4 Å². The highest BCUT2D eigenvalue weighted by Crippen LogP contribution is 2.27. The zero-order chi connectivity index (χ0) is 13.9. The van der Waals surface area contributed by atoms with Crippen LogP contribution in [-0.4, -0.2) is 24.0 Å². The van der Waals surface area contributed by atoms with E-state index in [9.17, 15) is 0 Å². The van der Waals surface area contributed by atoms with Gasteiger partial charge in [-0.3, -0.25) is 4.90 Å². The van der Waals surface area contributed by atoms with Gasteiger partial charge in [0, 0.05) is 24.2 Å². The van der Waals surface area contributed by atoms with Gasteiger partial charge in [-0.05, 0) is 52.6 Å². The molecule has 0 aromatic carbocycles. The molecule has 1 aromatic heterocycles. The molecule has 1 aromatic rings. The van der Waals surface area contributed by atoms with E-state index in [1.54, 1.807) is 0 Å². The first-order valence-corrected chi connectivity index (χ1v) is 7.42. The summed E-state index contributed by atoms with van der Waals surface area (Å²) in [6.45, 7) is 9.54. The Morgan fingerprint density at radius 2 is 2.11 bits per heavy atom. The Labute approximate surface area is 117 Å². The molecule has 0 bridgehead atoms. The molecule has 2 rings (SSSR count). The maximum Gasteiger partial charge on any atom is 0.118 e. The molecule has 3 nitrogen and oxygen atoms in total. The molecule has 0 radical (unpaired) electrons. The summed E-state index contributed by atoms with van der Waals surface area (Å²) in [7, 11) is 2.19. The standard InChI is InChI=1S/C16H28N2O/c1-16(2,3)17-9-14-8-15(19-12-14)11-18(4)10-13-6-5-7-13/h8,12-13,17H,5-7,9-11H2,1-4H3. The van der Waals surface area contributed by atoms with Gasteiger partial charge in [0.2, 0.25) is 0 Å². The monoisotopic (exact) mass is 264 g/mol. The lowest BCUT2D eigenvalue weighted by atomic mass is 9.85. The molecule has 1 fully saturated rings. The first kappa shape index (κ1) is 14.6. The fourth-order valence-corrected chi connectivity index (χ4v) is 2.42. The van der Waals surface area contributed by atoms with Gasteiger partial charge >= 0.3 is 0 Å². The van der Waals surface area contributed by atoms with Gasteiger partial charge in [-0.25, -0.2) is 0 Å². The third kappa shape index (κ3) is 5.00. The predicted octanol–water partition coefficient (Wildman–Crippen LogP) is 3.40. The van der Waals surface area contributed by atoms with E-state index in [1.807, 2.05) is 6.26 Å². The lowest BCUT2D eigenvalue weighted by Crippen LogP contribution is -2.34. The van der Waals surface area contributed by atoms with Gasteiger partial charge in [0.25, 0.3) is 0 Å². The molecule has 3 heteroatoms. The van der Waals surface area contributed by atoms with Crippen LogP contribution in [-0.2, 0) is 13.1 Å². The summed E-state index contributed by atoms with van der Waals surface area (Å²) in [5.41, 5.74) is 1.39. The molecule has 0 saturated heterocycles. The summed E-state index contributed by atoms with van der Waals surface area (Å²) >= 11 is 0. The average molecular weight is 264 g/mol. The lowest BCUT2D eigenvalue weighted by molar-refractivity contribution is 0.191. The van der Waals surface area contributed by atoms with E-state index in [2.05, 4.69) is 44.1 Å². The summed E-state index contributed by atoms with van der Waals surface area (Å²) in [6, 6.07) is 2.18. The van der Waals surface area contributed by atoms with Crippen LogP contribution in [0.15, 0.2) is 16.7 Å². The van der Waals surface area contributed by atoms with E-state index in [1.165, 1.54) is 31.4 Å². The maximum absolute atomic E-state index is 5.65.